The molecule has 0 aliphatic carbocycles. The maximum Gasteiger partial charge on any atom is 0.244 e. The molecule has 0 fully saturated rings. The van der Waals surface area contributed by atoms with E-state index in [4.69, 9.17) is 0 Å². The van der Waals surface area contributed by atoms with Crippen LogP contribution in [0.15, 0.2) is 24.3 Å². The van der Waals surface area contributed by atoms with Gasteiger partial charge in [0.25, 0.3) is 0 Å². The lowest BCUT2D eigenvalue weighted by Gasteiger charge is -2.04. The molecule has 2 N–H and O–H groups in total. The molecule has 0 spiro atoms. The van der Waals surface area contributed by atoms with Crippen LogP contribution in [0.2, 0.25) is 0 Å². The summed E-state index contributed by atoms with van der Waals surface area (Å²) in [7, 11) is 0. The number of allylic oxidation sites excluding steroid dienone is 2. The van der Waals surface area contributed by atoms with Gasteiger partial charge in [0.2, 0.25) is 11.8 Å². The largest absolute Gasteiger partial charge is 0.351 e. The fourth-order valence-corrected chi connectivity index (χ4v) is 1.38. The van der Waals surface area contributed by atoms with E-state index in [-0.39, 0.29) is 18.4 Å². The van der Waals surface area contributed by atoms with E-state index in [1.807, 2.05) is 25.2 Å². The van der Waals surface area contributed by atoms with E-state index in [0.717, 1.165) is 12.8 Å². The smallest absolute Gasteiger partial charge is 0.244 e. The molecule has 0 rings (SSSR count). The van der Waals surface area contributed by atoms with Crippen molar-refractivity contribution in [1.82, 2.24) is 10.6 Å². The van der Waals surface area contributed by atoms with Crippen molar-refractivity contribution in [3.05, 3.63) is 24.3 Å². The second-order valence-electron chi connectivity index (χ2n) is 4.22. The van der Waals surface area contributed by atoms with E-state index in [9.17, 15) is 9.59 Å². The normalized spacial score (nSPS) is 12.8. The minimum absolute atomic E-state index is 0.0168. The van der Waals surface area contributed by atoms with Crippen molar-refractivity contribution < 1.29 is 9.59 Å². The zero-order chi connectivity index (χ0) is 13.8. The minimum Gasteiger partial charge on any atom is -0.351 e. The van der Waals surface area contributed by atoms with Crippen molar-refractivity contribution in [3.8, 4) is 0 Å². The third kappa shape index (κ3) is 9.63. The summed E-state index contributed by atoms with van der Waals surface area (Å²) in [6.07, 6.45) is 9.23. The number of carbonyl (C=O) groups is 2. The van der Waals surface area contributed by atoms with Gasteiger partial charge in [-0.3, -0.25) is 9.59 Å². The molecular formula is C14H24N2O2. The van der Waals surface area contributed by atoms with Crippen molar-refractivity contribution in [1.29, 1.82) is 0 Å². The summed E-state index contributed by atoms with van der Waals surface area (Å²) in [4.78, 5) is 22.7. The van der Waals surface area contributed by atoms with E-state index in [2.05, 4.69) is 24.5 Å². The van der Waals surface area contributed by atoms with Crippen molar-refractivity contribution in [3.63, 3.8) is 0 Å². The molecule has 0 aliphatic heterocycles. The first-order chi connectivity index (χ1) is 8.60. The maximum atomic E-state index is 11.4. The highest BCUT2D eigenvalue weighted by Gasteiger charge is 2.02. The summed E-state index contributed by atoms with van der Waals surface area (Å²) in [5.41, 5.74) is 0. The van der Waals surface area contributed by atoms with Crippen LogP contribution in [-0.4, -0.2) is 24.9 Å². The van der Waals surface area contributed by atoms with Crippen molar-refractivity contribution in [2.45, 2.75) is 33.6 Å². The molecule has 0 saturated carbocycles. The van der Waals surface area contributed by atoms with Gasteiger partial charge < -0.3 is 10.6 Å². The van der Waals surface area contributed by atoms with Gasteiger partial charge in [-0.25, -0.2) is 0 Å². The molecule has 1 unspecified atom stereocenters. The molecule has 0 saturated heterocycles. The third-order valence-electron chi connectivity index (χ3n) is 2.40. The second kappa shape index (κ2) is 10.6. The Hall–Kier alpha value is -1.58. The number of carbonyl (C=O) groups excluding carboxylic acids is 2. The summed E-state index contributed by atoms with van der Waals surface area (Å²) in [6, 6.07) is 0. The van der Waals surface area contributed by atoms with E-state index in [0.29, 0.717) is 12.5 Å². The molecule has 2 amide bonds. The van der Waals surface area contributed by atoms with E-state index >= 15 is 0 Å². The topological polar surface area (TPSA) is 58.2 Å². The molecule has 102 valence electrons. The number of amides is 2. The third-order valence-corrected chi connectivity index (χ3v) is 2.40. The number of rotatable bonds is 8. The van der Waals surface area contributed by atoms with E-state index in [1.165, 1.54) is 6.08 Å². The summed E-state index contributed by atoms with van der Waals surface area (Å²) >= 11 is 0. The molecule has 0 aromatic rings. The molecule has 0 bridgehead atoms. The van der Waals surface area contributed by atoms with E-state index in [1.54, 1.807) is 0 Å². The molecule has 4 nitrogen and oxygen atoms in total. The Morgan fingerprint density at radius 1 is 1.28 bits per heavy atom. The summed E-state index contributed by atoms with van der Waals surface area (Å²) < 4.78 is 0. The fourth-order valence-electron chi connectivity index (χ4n) is 1.38. The van der Waals surface area contributed by atoms with Crippen LogP contribution >= 0.6 is 0 Å². The van der Waals surface area contributed by atoms with Gasteiger partial charge in [0, 0.05) is 6.54 Å². The molecule has 0 aromatic carbocycles. The SMILES string of the molecule is C/C=C/CNC(=O)CNC(=O)/C=C/C(C)CCC. The Bertz CT molecular complexity index is 309. The van der Waals surface area contributed by atoms with Gasteiger partial charge in [-0.1, -0.05) is 38.5 Å². The molecule has 0 heterocycles. The Balaban J connectivity index is 3.79. The Kier molecular flexibility index (Phi) is 9.64. The second-order valence-corrected chi connectivity index (χ2v) is 4.22. The number of hydrogen-bond donors (Lipinski definition) is 2. The maximum absolute atomic E-state index is 11.4. The molecule has 0 aromatic heterocycles. The van der Waals surface area contributed by atoms with Crippen LogP contribution in [0.5, 0.6) is 0 Å². The first kappa shape index (κ1) is 16.4. The Morgan fingerprint density at radius 2 is 2.00 bits per heavy atom. The van der Waals surface area contributed by atoms with Crippen LogP contribution in [0.4, 0.5) is 0 Å². The molecule has 4 heteroatoms. The highest BCUT2D eigenvalue weighted by molar-refractivity contribution is 5.91. The van der Waals surface area contributed by atoms with E-state index < -0.39 is 0 Å². The first-order valence-corrected chi connectivity index (χ1v) is 6.44. The van der Waals surface area contributed by atoms with Gasteiger partial charge in [0.05, 0.1) is 6.54 Å². The Labute approximate surface area is 110 Å². The van der Waals surface area contributed by atoms with Gasteiger partial charge >= 0.3 is 0 Å². The van der Waals surface area contributed by atoms with Gasteiger partial charge in [0.1, 0.15) is 0 Å². The van der Waals surface area contributed by atoms with Crippen molar-refractivity contribution >= 4 is 11.8 Å². The molecule has 18 heavy (non-hydrogen) atoms. The number of hydrogen-bond acceptors (Lipinski definition) is 2. The van der Waals surface area contributed by atoms with Crippen LogP contribution < -0.4 is 10.6 Å². The van der Waals surface area contributed by atoms with Crippen LogP contribution in [-0.2, 0) is 9.59 Å². The van der Waals surface area contributed by atoms with Crippen LogP contribution in [0.1, 0.15) is 33.6 Å². The average Bonchev–Trinajstić information content (AvgIpc) is 2.34. The summed E-state index contributed by atoms with van der Waals surface area (Å²) in [6.45, 7) is 6.57. The van der Waals surface area contributed by atoms with Crippen molar-refractivity contribution in [2.24, 2.45) is 5.92 Å². The predicted molar refractivity (Wildman–Crippen MR) is 74.0 cm³/mol. The average molecular weight is 252 g/mol. The molecule has 0 radical (unpaired) electrons. The lowest BCUT2D eigenvalue weighted by atomic mass is 10.1. The zero-order valence-corrected chi connectivity index (χ0v) is 11.5. The highest BCUT2D eigenvalue weighted by Crippen LogP contribution is 2.05. The predicted octanol–water partition coefficient (Wildman–Crippen LogP) is 1.79. The lowest BCUT2D eigenvalue weighted by molar-refractivity contribution is -0.123. The minimum atomic E-state index is -0.223. The quantitative estimate of drug-likeness (QED) is 0.511. The first-order valence-electron chi connectivity index (χ1n) is 6.44. The monoisotopic (exact) mass is 252 g/mol. The number of nitrogens with one attached hydrogen (secondary N) is 2. The molecule has 1 atom stereocenters. The molecule has 0 aliphatic rings. The fraction of sp³-hybridized carbons (Fsp3) is 0.571. The Morgan fingerprint density at radius 3 is 2.61 bits per heavy atom. The van der Waals surface area contributed by atoms with Crippen molar-refractivity contribution in [2.75, 3.05) is 13.1 Å². The lowest BCUT2D eigenvalue weighted by Crippen LogP contribution is -2.36. The highest BCUT2D eigenvalue weighted by atomic mass is 16.2. The molecular weight excluding hydrogens is 228 g/mol. The summed E-state index contributed by atoms with van der Waals surface area (Å²) in [5, 5.41) is 5.20. The van der Waals surface area contributed by atoms with Gasteiger partial charge in [-0.15, -0.1) is 0 Å². The standard InChI is InChI=1S/C14H24N2O2/c1-4-6-10-15-14(18)11-16-13(17)9-8-12(3)7-5-2/h4,6,8-9,12H,5,7,10-11H2,1-3H3,(H,15,18)(H,16,17)/b6-4+,9-8+. The van der Waals surface area contributed by atoms with Crippen LogP contribution in [0.25, 0.3) is 0 Å². The van der Waals surface area contributed by atoms with Gasteiger partial charge in [0.15, 0.2) is 0 Å². The van der Waals surface area contributed by atoms with Crippen LogP contribution in [0.3, 0.4) is 0 Å². The van der Waals surface area contributed by atoms with Gasteiger partial charge in [-0.05, 0) is 25.3 Å². The summed E-state index contributed by atoms with van der Waals surface area (Å²) in [5.74, 6) is -0.0140. The van der Waals surface area contributed by atoms with Gasteiger partial charge in [-0.2, -0.15) is 0 Å². The zero-order valence-electron chi connectivity index (χ0n) is 11.5. The van der Waals surface area contributed by atoms with Crippen LogP contribution in [0, 0.1) is 5.92 Å².